The number of nitrogens with zero attached hydrogens (tertiary/aromatic N) is 3. The van der Waals surface area contributed by atoms with Gasteiger partial charge < -0.3 is 4.74 Å². The lowest BCUT2D eigenvalue weighted by molar-refractivity contribution is 0.0600. The summed E-state index contributed by atoms with van der Waals surface area (Å²) in [6.45, 7) is 1.95. The van der Waals surface area contributed by atoms with E-state index in [2.05, 4.69) is 37.7 Å². The number of halogens is 1. The fourth-order valence-electron chi connectivity index (χ4n) is 1.73. The Morgan fingerprint density at radius 2 is 2.11 bits per heavy atom. The molecular weight excluding hydrogens is 345 g/mol. The van der Waals surface area contributed by atoms with Gasteiger partial charge in [0.1, 0.15) is 5.69 Å². The van der Waals surface area contributed by atoms with Gasteiger partial charge in [-0.1, -0.05) is 5.22 Å². The summed E-state index contributed by atoms with van der Waals surface area (Å²) in [5.74, 6) is -0.337. The van der Waals surface area contributed by atoms with Crippen molar-refractivity contribution < 1.29 is 9.53 Å². The first-order valence-corrected chi connectivity index (χ1v) is 6.83. The average Bonchev–Trinajstić information content (AvgIpc) is 2.89. The molecule has 1 saturated heterocycles. The van der Waals surface area contributed by atoms with Gasteiger partial charge in [-0.15, -0.1) is 5.11 Å². The minimum absolute atomic E-state index is 0.337. The molecule has 1 aliphatic rings. The Hall–Kier alpha value is -1.18. The molecule has 0 aromatic heterocycles. The summed E-state index contributed by atoms with van der Waals surface area (Å²) in [6.07, 6.45) is 2.36. The van der Waals surface area contributed by atoms with Crippen molar-refractivity contribution in [3.63, 3.8) is 0 Å². The Kier molecular flexibility index (Phi) is 4.51. The van der Waals surface area contributed by atoms with E-state index >= 15 is 0 Å². The Morgan fingerprint density at radius 3 is 2.72 bits per heavy atom. The zero-order chi connectivity index (χ0) is 13.0. The highest BCUT2D eigenvalue weighted by atomic mass is 127. The first-order valence-electron chi connectivity index (χ1n) is 5.75. The van der Waals surface area contributed by atoms with Crippen LogP contribution in [-0.2, 0) is 4.74 Å². The molecule has 1 aromatic carbocycles. The van der Waals surface area contributed by atoms with Crippen LogP contribution in [0.5, 0.6) is 0 Å². The molecule has 0 bridgehead atoms. The molecule has 0 saturated carbocycles. The second-order valence-electron chi connectivity index (χ2n) is 4.01. The molecule has 0 radical (unpaired) electrons. The van der Waals surface area contributed by atoms with E-state index in [1.54, 1.807) is 18.2 Å². The van der Waals surface area contributed by atoms with Crippen LogP contribution >= 0.6 is 22.6 Å². The van der Waals surface area contributed by atoms with Crippen LogP contribution in [0, 0.1) is 3.57 Å². The maximum Gasteiger partial charge on any atom is 0.337 e. The van der Waals surface area contributed by atoms with E-state index in [9.17, 15) is 4.79 Å². The van der Waals surface area contributed by atoms with Gasteiger partial charge in [0.05, 0.1) is 12.7 Å². The van der Waals surface area contributed by atoms with Crippen molar-refractivity contribution in [3.05, 3.63) is 27.3 Å². The molecule has 18 heavy (non-hydrogen) atoms. The summed E-state index contributed by atoms with van der Waals surface area (Å²) in [6, 6.07) is 5.24. The highest BCUT2D eigenvalue weighted by Crippen LogP contribution is 2.24. The third-order valence-electron chi connectivity index (χ3n) is 2.73. The molecule has 1 aromatic rings. The Morgan fingerprint density at radius 1 is 1.39 bits per heavy atom. The van der Waals surface area contributed by atoms with Gasteiger partial charge in [0, 0.05) is 16.7 Å². The second-order valence-corrected chi connectivity index (χ2v) is 5.17. The van der Waals surface area contributed by atoms with Gasteiger partial charge in [0.25, 0.3) is 0 Å². The van der Waals surface area contributed by atoms with Gasteiger partial charge in [0.15, 0.2) is 0 Å². The molecule has 0 N–H and O–H groups in total. The monoisotopic (exact) mass is 359 g/mol. The lowest BCUT2D eigenvalue weighted by Crippen LogP contribution is -2.09. The summed E-state index contributed by atoms with van der Waals surface area (Å²) < 4.78 is 5.56. The van der Waals surface area contributed by atoms with E-state index < -0.39 is 0 Å². The maximum atomic E-state index is 11.4. The van der Waals surface area contributed by atoms with Gasteiger partial charge in [-0.25, -0.2) is 4.79 Å². The molecule has 1 fully saturated rings. The number of carbonyl (C=O) groups is 1. The van der Waals surface area contributed by atoms with Crippen LogP contribution < -0.4 is 0 Å². The van der Waals surface area contributed by atoms with Crippen LogP contribution in [0.1, 0.15) is 23.2 Å². The van der Waals surface area contributed by atoms with Crippen LogP contribution in [0.2, 0.25) is 0 Å². The van der Waals surface area contributed by atoms with Crippen molar-refractivity contribution in [1.29, 1.82) is 0 Å². The third-order valence-corrected chi connectivity index (χ3v) is 3.59. The summed E-state index contributed by atoms with van der Waals surface area (Å²) in [4.78, 5) is 11.4. The maximum absolute atomic E-state index is 11.4. The number of benzene rings is 1. The third kappa shape index (κ3) is 3.18. The standard InChI is InChI=1S/C12H14IN3O2/c1-18-12(17)9-4-5-11(10(13)8-9)14-15-16-6-2-3-7-16/h4-5,8H,2-3,6-7H2,1H3. The summed E-state index contributed by atoms with van der Waals surface area (Å²) in [5.41, 5.74) is 1.30. The molecule has 1 heterocycles. The van der Waals surface area contributed by atoms with Crippen molar-refractivity contribution in [1.82, 2.24) is 5.01 Å². The van der Waals surface area contributed by atoms with Crippen molar-refractivity contribution in [3.8, 4) is 0 Å². The van der Waals surface area contributed by atoms with Gasteiger partial charge in [-0.05, 0) is 53.6 Å². The molecule has 2 rings (SSSR count). The van der Waals surface area contributed by atoms with Crippen molar-refractivity contribution in [2.45, 2.75) is 12.8 Å². The zero-order valence-electron chi connectivity index (χ0n) is 10.1. The molecule has 0 atom stereocenters. The molecule has 5 nitrogen and oxygen atoms in total. The topological polar surface area (TPSA) is 54.3 Å². The first-order chi connectivity index (χ1) is 8.70. The normalized spacial score (nSPS) is 15.3. The van der Waals surface area contributed by atoms with E-state index in [0.717, 1.165) is 22.3 Å². The summed E-state index contributed by atoms with van der Waals surface area (Å²) in [7, 11) is 1.37. The fraction of sp³-hybridized carbons (Fsp3) is 0.417. The van der Waals surface area contributed by atoms with Crippen LogP contribution in [0.15, 0.2) is 28.5 Å². The number of hydrogen-bond acceptors (Lipinski definition) is 4. The van der Waals surface area contributed by atoms with E-state index in [0.29, 0.717) is 5.56 Å². The number of methoxy groups -OCH3 is 1. The second kappa shape index (κ2) is 6.12. The van der Waals surface area contributed by atoms with Crippen LogP contribution in [0.4, 0.5) is 5.69 Å². The Labute approximate surface area is 119 Å². The van der Waals surface area contributed by atoms with Gasteiger partial charge in [-0.2, -0.15) is 0 Å². The van der Waals surface area contributed by atoms with Crippen molar-refractivity contribution in [2.24, 2.45) is 10.3 Å². The van der Waals surface area contributed by atoms with Gasteiger partial charge >= 0.3 is 5.97 Å². The molecule has 0 spiro atoms. The first kappa shape index (κ1) is 13.3. The Bertz CT molecular complexity index is 470. The summed E-state index contributed by atoms with van der Waals surface area (Å²) in [5, 5.41) is 10.4. The minimum atomic E-state index is -0.337. The molecular formula is C12H14IN3O2. The van der Waals surface area contributed by atoms with Crippen LogP contribution in [0.25, 0.3) is 0 Å². The Balaban J connectivity index is 2.11. The molecule has 6 heteroatoms. The minimum Gasteiger partial charge on any atom is -0.465 e. The van der Waals surface area contributed by atoms with E-state index in [1.165, 1.54) is 20.0 Å². The largest absolute Gasteiger partial charge is 0.465 e. The van der Waals surface area contributed by atoms with Crippen LogP contribution in [-0.4, -0.2) is 31.2 Å². The average molecular weight is 359 g/mol. The van der Waals surface area contributed by atoms with Gasteiger partial charge in [-0.3, -0.25) is 5.01 Å². The number of esters is 1. The highest BCUT2D eigenvalue weighted by molar-refractivity contribution is 14.1. The SMILES string of the molecule is COC(=O)c1ccc(N=NN2CCCC2)c(I)c1. The predicted octanol–water partition coefficient (Wildman–Crippen LogP) is 3.17. The lowest BCUT2D eigenvalue weighted by atomic mass is 10.2. The number of rotatable bonds is 3. The van der Waals surface area contributed by atoms with E-state index in [4.69, 9.17) is 0 Å². The summed E-state index contributed by atoms with van der Waals surface area (Å²) >= 11 is 2.14. The lowest BCUT2D eigenvalue weighted by Gasteiger charge is -2.07. The highest BCUT2D eigenvalue weighted by Gasteiger charge is 2.10. The fourth-order valence-corrected chi connectivity index (χ4v) is 2.36. The van der Waals surface area contributed by atoms with Crippen molar-refractivity contribution in [2.75, 3.05) is 20.2 Å². The predicted molar refractivity (Wildman–Crippen MR) is 75.8 cm³/mol. The van der Waals surface area contributed by atoms with E-state index in [-0.39, 0.29) is 5.97 Å². The molecule has 0 unspecified atom stereocenters. The molecule has 0 aliphatic carbocycles. The van der Waals surface area contributed by atoms with Crippen molar-refractivity contribution >= 4 is 34.2 Å². The number of carbonyl (C=O) groups excluding carboxylic acids is 1. The molecule has 0 amide bonds. The number of hydrogen-bond donors (Lipinski definition) is 0. The van der Waals surface area contributed by atoms with E-state index in [1.807, 2.05) is 5.01 Å². The zero-order valence-corrected chi connectivity index (χ0v) is 12.3. The van der Waals surface area contributed by atoms with Crippen LogP contribution in [0.3, 0.4) is 0 Å². The van der Waals surface area contributed by atoms with Gasteiger partial charge in [0.2, 0.25) is 0 Å². The smallest absolute Gasteiger partial charge is 0.337 e. The molecule has 1 aliphatic heterocycles. The molecule has 96 valence electrons. The quantitative estimate of drug-likeness (QED) is 0.473. The number of ether oxygens (including phenoxy) is 1.